The average molecular weight is 338 g/mol. The van der Waals surface area contributed by atoms with Crippen molar-refractivity contribution in [2.45, 2.75) is 31.9 Å². The lowest BCUT2D eigenvalue weighted by Gasteiger charge is -2.37. The zero-order valence-electron chi connectivity index (χ0n) is 13.5. The largest absolute Gasteiger partial charge is 0.376 e. The van der Waals surface area contributed by atoms with E-state index >= 15 is 0 Å². The summed E-state index contributed by atoms with van der Waals surface area (Å²) < 4.78 is 5.64. The number of benzene rings is 1. The SMILES string of the molecule is C[C@@H](NC(=O)N1CCN(c2cccc(Cl)c2)CC1)[C@@H]1CCCO1. The Morgan fingerprint density at radius 1 is 1.35 bits per heavy atom. The molecule has 5 nitrogen and oxygen atoms in total. The molecule has 6 heteroatoms. The van der Waals surface area contributed by atoms with Crippen molar-refractivity contribution in [3.63, 3.8) is 0 Å². The Kier molecular flexibility index (Phi) is 5.28. The van der Waals surface area contributed by atoms with Crippen molar-refractivity contribution in [3.8, 4) is 0 Å². The summed E-state index contributed by atoms with van der Waals surface area (Å²) in [6.07, 6.45) is 2.28. The van der Waals surface area contributed by atoms with Crippen LogP contribution in [0.5, 0.6) is 0 Å². The van der Waals surface area contributed by atoms with Crippen molar-refractivity contribution in [1.82, 2.24) is 10.2 Å². The van der Waals surface area contributed by atoms with E-state index in [1.807, 2.05) is 30.0 Å². The molecule has 0 bridgehead atoms. The van der Waals surface area contributed by atoms with Crippen molar-refractivity contribution in [3.05, 3.63) is 29.3 Å². The third kappa shape index (κ3) is 4.09. The van der Waals surface area contributed by atoms with Crippen LogP contribution < -0.4 is 10.2 Å². The molecule has 126 valence electrons. The lowest BCUT2D eigenvalue weighted by atomic mass is 10.1. The molecule has 2 saturated heterocycles. The van der Waals surface area contributed by atoms with Crippen molar-refractivity contribution in [2.75, 3.05) is 37.7 Å². The predicted octanol–water partition coefficient (Wildman–Crippen LogP) is 2.74. The molecular formula is C17H24ClN3O2. The Bertz CT molecular complexity index is 540. The highest BCUT2D eigenvalue weighted by atomic mass is 35.5. The van der Waals surface area contributed by atoms with Crippen LogP contribution in [0, 0.1) is 0 Å². The Morgan fingerprint density at radius 3 is 2.78 bits per heavy atom. The standard InChI is InChI=1S/C17H24ClN3O2/c1-13(16-6-3-11-23-16)19-17(22)21-9-7-20(8-10-21)15-5-2-4-14(18)12-15/h2,4-5,12-13,16H,3,6-11H2,1H3,(H,19,22)/t13-,16+/m1/s1. The molecule has 2 aliphatic heterocycles. The maximum absolute atomic E-state index is 12.4. The summed E-state index contributed by atoms with van der Waals surface area (Å²) in [5.41, 5.74) is 1.12. The molecule has 0 unspecified atom stereocenters. The maximum Gasteiger partial charge on any atom is 0.317 e. The van der Waals surface area contributed by atoms with Gasteiger partial charge in [0, 0.05) is 43.5 Å². The van der Waals surface area contributed by atoms with Gasteiger partial charge in [-0.05, 0) is 38.0 Å². The molecule has 1 N–H and O–H groups in total. The number of anilines is 1. The van der Waals surface area contributed by atoms with E-state index in [1.165, 1.54) is 0 Å². The fourth-order valence-corrected chi connectivity index (χ4v) is 3.40. The number of ether oxygens (including phenoxy) is 1. The van der Waals surface area contributed by atoms with Gasteiger partial charge in [0.15, 0.2) is 0 Å². The van der Waals surface area contributed by atoms with Crippen molar-refractivity contribution < 1.29 is 9.53 Å². The predicted molar refractivity (Wildman–Crippen MR) is 92.2 cm³/mol. The first kappa shape index (κ1) is 16.4. The Hall–Kier alpha value is -1.46. The number of piperazine rings is 1. The van der Waals surface area contributed by atoms with Crippen LogP contribution in [-0.2, 0) is 4.74 Å². The molecule has 0 aromatic heterocycles. The van der Waals surface area contributed by atoms with E-state index in [1.54, 1.807) is 0 Å². The average Bonchev–Trinajstić information content (AvgIpc) is 3.09. The van der Waals surface area contributed by atoms with Crippen LogP contribution >= 0.6 is 11.6 Å². The van der Waals surface area contributed by atoms with E-state index in [0.717, 1.165) is 56.3 Å². The summed E-state index contributed by atoms with van der Waals surface area (Å²) in [5.74, 6) is 0. The molecule has 2 aliphatic rings. The number of halogens is 1. The third-order valence-corrected chi connectivity index (χ3v) is 4.85. The zero-order chi connectivity index (χ0) is 16.2. The van der Waals surface area contributed by atoms with Gasteiger partial charge in [-0.15, -0.1) is 0 Å². The number of hydrogen-bond acceptors (Lipinski definition) is 3. The van der Waals surface area contributed by atoms with E-state index in [-0.39, 0.29) is 18.2 Å². The highest BCUT2D eigenvalue weighted by Crippen LogP contribution is 2.21. The molecule has 2 fully saturated rings. The number of carbonyl (C=O) groups excluding carboxylic acids is 1. The van der Waals surface area contributed by atoms with Crippen molar-refractivity contribution >= 4 is 23.3 Å². The Morgan fingerprint density at radius 2 is 2.13 bits per heavy atom. The van der Waals surface area contributed by atoms with Crippen LogP contribution in [0.3, 0.4) is 0 Å². The van der Waals surface area contributed by atoms with Gasteiger partial charge in [-0.25, -0.2) is 4.79 Å². The lowest BCUT2D eigenvalue weighted by molar-refractivity contribution is 0.0831. The van der Waals surface area contributed by atoms with E-state index in [4.69, 9.17) is 16.3 Å². The zero-order valence-corrected chi connectivity index (χ0v) is 14.3. The van der Waals surface area contributed by atoms with E-state index in [9.17, 15) is 4.79 Å². The van der Waals surface area contributed by atoms with Gasteiger partial charge in [0.1, 0.15) is 0 Å². The maximum atomic E-state index is 12.4. The summed E-state index contributed by atoms with van der Waals surface area (Å²) in [5, 5.41) is 3.82. The van der Waals surface area contributed by atoms with Crippen LogP contribution in [0.4, 0.5) is 10.5 Å². The van der Waals surface area contributed by atoms with Crippen molar-refractivity contribution in [1.29, 1.82) is 0 Å². The van der Waals surface area contributed by atoms with Gasteiger partial charge in [-0.3, -0.25) is 0 Å². The number of urea groups is 1. The lowest BCUT2D eigenvalue weighted by Crippen LogP contribution is -2.54. The smallest absolute Gasteiger partial charge is 0.317 e. The molecule has 3 rings (SSSR count). The molecule has 0 spiro atoms. The van der Waals surface area contributed by atoms with Gasteiger partial charge in [0.25, 0.3) is 0 Å². The molecule has 0 radical (unpaired) electrons. The first-order valence-electron chi connectivity index (χ1n) is 8.31. The second kappa shape index (κ2) is 7.41. The van der Waals surface area contributed by atoms with Crippen LogP contribution in [-0.4, -0.2) is 55.9 Å². The monoisotopic (exact) mass is 337 g/mol. The summed E-state index contributed by atoms with van der Waals surface area (Å²) >= 11 is 6.05. The summed E-state index contributed by atoms with van der Waals surface area (Å²) in [6, 6.07) is 7.94. The first-order valence-corrected chi connectivity index (χ1v) is 8.69. The fraction of sp³-hybridized carbons (Fsp3) is 0.588. The normalized spacial score (nSPS) is 23.0. The van der Waals surface area contributed by atoms with E-state index in [2.05, 4.69) is 16.3 Å². The molecule has 23 heavy (non-hydrogen) atoms. The minimum Gasteiger partial charge on any atom is -0.376 e. The minimum atomic E-state index is 0.0127. The Labute approximate surface area is 142 Å². The number of amides is 2. The number of rotatable bonds is 3. The van der Waals surface area contributed by atoms with Crippen LogP contribution in [0.2, 0.25) is 5.02 Å². The van der Waals surface area contributed by atoms with Gasteiger partial charge < -0.3 is 19.9 Å². The van der Waals surface area contributed by atoms with Crippen LogP contribution in [0.15, 0.2) is 24.3 Å². The second-order valence-corrected chi connectivity index (χ2v) is 6.68. The highest BCUT2D eigenvalue weighted by Gasteiger charge is 2.27. The first-order chi connectivity index (χ1) is 11.1. The van der Waals surface area contributed by atoms with Crippen LogP contribution in [0.1, 0.15) is 19.8 Å². The van der Waals surface area contributed by atoms with Gasteiger partial charge in [0.2, 0.25) is 0 Å². The van der Waals surface area contributed by atoms with Gasteiger partial charge >= 0.3 is 6.03 Å². The molecule has 2 atom stereocenters. The number of nitrogens with zero attached hydrogens (tertiary/aromatic N) is 2. The quantitative estimate of drug-likeness (QED) is 0.922. The second-order valence-electron chi connectivity index (χ2n) is 6.24. The fourth-order valence-electron chi connectivity index (χ4n) is 3.22. The molecule has 2 heterocycles. The highest BCUT2D eigenvalue weighted by molar-refractivity contribution is 6.30. The molecule has 2 amide bonds. The molecular weight excluding hydrogens is 314 g/mol. The van der Waals surface area contributed by atoms with E-state index in [0.29, 0.717) is 0 Å². The van der Waals surface area contributed by atoms with Gasteiger partial charge in [-0.1, -0.05) is 17.7 Å². The van der Waals surface area contributed by atoms with Gasteiger partial charge in [0.05, 0.1) is 12.1 Å². The molecule has 0 aliphatic carbocycles. The number of hydrogen-bond donors (Lipinski definition) is 1. The molecule has 1 aromatic carbocycles. The summed E-state index contributed by atoms with van der Waals surface area (Å²) in [4.78, 5) is 16.5. The number of carbonyl (C=O) groups is 1. The summed E-state index contributed by atoms with van der Waals surface area (Å²) in [6.45, 7) is 5.91. The molecule has 0 saturated carbocycles. The number of nitrogens with one attached hydrogen (secondary N) is 1. The minimum absolute atomic E-state index is 0.0127. The van der Waals surface area contributed by atoms with Gasteiger partial charge in [-0.2, -0.15) is 0 Å². The summed E-state index contributed by atoms with van der Waals surface area (Å²) in [7, 11) is 0. The topological polar surface area (TPSA) is 44.8 Å². The van der Waals surface area contributed by atoms with Crippen molar-refractivity contribution in [2.24, 2.45) is 0 Å². The van der Waals surface area contributed by atoms with Crippen LogP contribution in [0.25, 0.3) is 0 Å². The molecule has 1 aromatic rings. The third-order valence-electron chi connectivity index (χ3n) is 4.61. The Balaban J connectivity index is 1.49. The van der Waals surface area contributed by atoms with E-state index < -0.39 is 0 Å².